The number of halogens is 2. The van der Waals surface area contributed by atoms with E-state index < -0.39 is 6.29 Å². The summed E-state index contributed by atoms with van der Waals surface area (Å²) < 4.78 is 34.9. The van der Waals surface area contributed by atoms with Crippen LogP contribution >= 0.6 is 0 Å². The van der Waals surface area contributed by atoms with Gasteiger partial charge in [0.15, 0.2) is 11.5 Å². The van der Waals surface area contributed by atoms with Gasteiger partial charge in [0.2, 0.25) is 5.91 Å². The molecule has 3 heterocycles. The lowest BCUT2D eigenvalue weighted by Crippen LogP contribution is -2.45. The van der Waals surface area contributed by atoms with Gasteiger partial charge in [-0.25, -0.2) is 4.79 Å². The zero-order valence-electron chi connectivity index (χ0n) is 13.5. The number of ether oxygens (including phenoxy) is 2. The Morgan fingerprint density at radius 1 is 1.24 bits per heavy atom. The molecule has 3 aliphatic rings. The maximum atomic E-state index is 13.1. The third-order valence-corrected chi connectivity index (χ3v) is 4.83. The summed E-state index contributed by atoms with van der Waals surface area (Å²) >= 11 is 0. The van der Waals surface area contributed by atoms with Crippen LogP contribution in [0.2, 0.25) is 0 Å². The number of nitrogens with zero attached hydrogens (tertiary/aromatic N) is 2. The average molecular weight is 353 g/mol. The van der Waals surface area contributed by atoms with E-state index in [-0.39, 0.29) is 35.5 Å². The lowest BCUT2D eigenvalue weighted by molar-refractivity contribution is -0.286. The van der Waals surface area contributed by atoms with Gasteiger partial charge < -0.3 is 24.6 Å². The molecule has 134 valence electrons. The predicted molar refractivity (Wildman–Crippen MR) is 82.6 cm³/mol. The van der Waals surface area contributed by atoms with Gasteiger partial charge in [-0.05, 0) is 25.0 Å². The number of anilines is 1. The van der Waals surface area contributed by atoms with E-state index in [4.69, 9.17) is 0 Å². The maximum Gasteiger partial charge on any atom is 0.586 e. The smallest absolute Gasteiger partial charge is 0.395 e. The molecule has 3 amide bonds. The Morgan fingerprint density at radius 2 is 1.96 bits per heavy atom. The highest BCUT2D eigenvalue weighted by Crippen LogP contribution is 2.42. The minimum atomic E-state index is -3.69. The van der Waals surface area contributed by atoms with Crippen LogP contribution in [0.5, 0.6) is 11.5 Å². The van der Waals surface area contributed by atoms with Gasteiger partial charge in [0, 0.05) is 37.8 Å². The number of alkyl halides is 2. The number of carbonyl (C=O) groups is 2. The van der Waals surface area contributed by atoms with Gasteiger partial charge in [0.05, 0.1) is 6.04 Å². The van der Waals surface area contributed by atoms with Crippen LogP contribution in [0.25, 0.3) is 0 Å². The summed E-state index contributed by atoms with van der Waals surface area (Å²) in [5.41, 5.74) is 0.327. The second kappa shape index (κ2) is 5.47. The average Bonchev–Trinajstić information content (AvgIpc) is 3.01. The third-order valence-electron chi connectivity index (χ3n) is 4.83. The molecule has 4 rings (SSSR count). The van der Waals surface area contributed by atoms with Crippen LogP contribution in [-0.2, 0) is 4.79 Å². The van der Waals surface area contributed by atoms with E-state index in [9.17, 15) is 18.4 Å². The van der Waals surface area contributed by atoms with Crippen molar-refractivity contribution in [2.24, 2.45) is 0 Å². The van der Waals surface area contributed by atoms with Crippen LogP contribution in [0, 0.1) is 0 Å². The molecule has 1 N–H and O–H groups in total. The SMILES string of the molecule is CN1C[C@@H]2CC[C@H](CC1=O)N2C(=O)Nc1ccc2c(c1)OC(F)(F)O2. The van der Waals surface area contributed by atoms with E-state index in [1.165, 1.54) is 18.2 Å². The normalized spacial score (nSPS) is 26.6. The quantitative estimate of drug-likeness (QED) is 0.841. The van der Waals surface area contributed by atoms with Crippen molar-refractivity contribution in [3.05, 3.63) is 18.2 Å². The largest absolute Gasteiger partial charge is 0.586 e. The van der Waals surface area contributed by atoms with Crippen LogP contribution < -0.4 is 14.8 Å². The van der Waals surface area contributed by atoms with Crippen molar-refractivity contribution in [3.8, 4) is 11.5 Å². The van der Waals surface area contributed by atoms with Crippen molar-refractivity contribution in [1.82, 2.24) is 9.80 Å². The summed E-state index contributed by atoms with van der Waals surface area (Å²) in [5.74, 6) is -0.183. The lowest BCUT2D eigenvalue weighted by Gasteiger charge is -2.28. The molecule has 3 aliphatic heterocycles. The Kier molecular flexibility index (Phi) is 3.48. The fourth-order valence-electron chi connectivity index (χ4n) is 3.66. The Labute approximate surface area is 142 Å². The molecule has 0 aliphatic carbocycles. The second-order valence-electron chi connectivity index (χ2n) is 6.53. The summed E-state index contributed by atoms with van der Waals surface area (Å²) in [6, 6.07) is 3.56. The molecule has 0 spiro atoms. The predicted octanol–water partition coefficient (Wildman–Crippen LogP) is 2.24. The summed E-state index contributed by atoms with van der Waals surface area (Å²) in [5, 5.41) is 2.70. The number of nitrogens with one attached hydrogen (secondary N) is 1. The highest BCUT2D eigenvalue weighted by molar-refractivity contribution is 5.91. The molecule has 2 bridgehead atoms. The van der Waals surface area contributed by atoms with Gasteiger partial charge in [-0.15, -0.1) is 8.78 Å². The van der Waals surface area contributed by atoms with E-state index in [1.807, 2.05) is 0 Å². The van der Waals surface area contributed by atoms with Gasteiger partial charge in [-0.2, -0.15) is 0 Å². The van der Waals surface area contributed by atoms with Crippen molar-refractivity contribution in [1.29, 1.82) is 0 Å². The van der Waals surface area contributed by atoms with Gasteiger partial charge >= 0.3 is 12.3 Å². The van der Waals surface area contributed by atoms with Gasteiger partial charge in [0.1, 0.15) is 0 Å². The Morgan fingerprint density at radius 3 is 2.76 bits per heavy atom. The van der Waals surface area contributed by atoms with Crippen LogP contribution in [0.3, 0.4) is 0 Å². The van der Waals surface area contributed by atoms with E-state index in [1.54, 1.807) is 16.8 Å². The molecule has 0 radical (unpaired) electrons. The Bertz CT molecular complexity index is 742. The molecule has 2 saturated heterocycles. The summed E-state index contributed by atoms with van der Waals surface area (Å²) in [4.78, 5) is 28.0. The standard InChI is InChI=1S/C16H17F2N3O4/c1-20-8-11-4-3-10(7-14(20)22)21(11)15(23)19-9-2-5-12-13(6-9)25-16(17,18)24-12/h2,5-6,10-11H,3-4,7-8H2,1H3,(H,19,23)/t10-,11+/m1/s1. The monoisotopic (exact) mass is 353 g/mol. The fourth-order valence-corrected chi connectivity index (χ4v) is 3.66. The summed E-state index contributed by atoms with van der Waals surface area (Å²) in [6.45, 7) is 0.496. The molecule has 7 nitrogen and oxygen atoms in total. The zero-order valence-corrected chi connectivity index (χ0v) is 13.5. The Balaban J connectivity index is 1.50. The van der Waals surface area contributed by atoms with Gasteiger partial charge in [0.25, 0.3) is 0 Å². The van der Waals surface area contributed by atoms with Crippen LogP contribution in [0.1, 0.15) is 19.3 Å². The number of fused-ring (bicyclic) bond motifs is 3. The molecule has 2 atom stereocenters. The van der Waals surface area contributed by atoms with E-state index in [0.29, 0.717) is 18.7 Å². The highest BCUT2D eigenvalue weighted by atomic mass is 19.3. The number of urea groups is 1. The van der Waals surface area contributed by atoms with Gasteiger partial charge in [-0.1, -0.05) is 0 Å². The molecule has 9 heteroatoms. The van der Waals surface area contributed by atoms with Crippen molar-refractivity contribution >= 4 is 17.6 Å². The molecule has 1 aromatic rings. The molecule has 25 heavy (non-hydrogen) atoms. The first kappa shape index (κ1) is 15.9. The molecule has 1 aromatic carbocycles. The fraction of sp³-hybridized carbons (Fsp3) is 0.500. The van der Waals surface area contributed by atoms with E-state index in [0.717, 1.165) is 12.8 Å². The van der Waals surface area contributed by atoms with Crippen molar-refractivity contribution in [3.63, 3.8) is 0 Å². The first-order chi connectivity index (χ1) is 11.8. The maximum absolute atomic E-state index is 13.1. The molecule has 0 aromatic heterocycles. The van der Waals surface area contributed by atoms with Crippen molar-refractivity contribution < 1.29 is 27.8 Å². The van der Waals surface area contributed by atoms with Crippen molar-refractivity contribution in [2.75, 3.05) is 18.9 Å². The summed E-state index contributed by atoms with van der Waals surface area (Å²) in [6.07, 6.45) is -1.78. The highest BCUT2D eigenvalue weighted by Gasteiger charge is 2.44. The lowest BCUT2D eigenvalue weighted by atomic mass is 10.1. The Hall–Kier alpha value is -2.58. The number of hydrogen-bond donors (Lipinski definition) is 1. The number of likely N-dealkylation sites (tertiary alicyclic amines) is 1. The second-order valence-corrected chi connectivity index (χ2v) is 6.53. The molecule has 0 saturated carbocycles. The van der Waals surface area contributed by atoms with Crippen LogP contribution in [0.4, 0.5) is 19.3 Å². The minimum Gasteiger partial charge on any atom is -0.395 e. The minimum absolute atomic E-state index is 0.0234. The van der Waals surface area contributed by atoms with Crippen LogP contribution in [-0.4, -0.2) is 53.7 Å². The first-order valence-corrected chi connectivity index (χ1v) is 8.05. The number of amides is 3. The molecule has 2 fully saturated rings. The van der Waals surface area contributed by atoms with Gasteiger partial charge in [-0.3, -0.25) is 4.79 Å². The molecular weight excluding hydrogens is 336 g/mol. The van der Waals surface area contributed by atoms with Crippen molar-refractivity contribution in [2.45, 2.75) is 37.6 Å². The number of likely N-dealkylation sites (N-methyl/N-ethyl adjacent to an activating group) is 1. The number of benzene rings is 1. The van der Waals surface area contributed by atoms with E-state index >= 15 is 0 Å². The zero-order chi connectivity index (χ0) is 17.8. The van der Waals surface area contributed by atoms with E-state index in [2.05, 4.69) is 14.8 Å². The first-order valence-electron chi connectivity index (χ1n) is 8.05. The molecular formula is C16H17F2N3O4. The number of rotatable bonds is 1. The summed E-state index contributed by atoms with van der Waals surface area (Å²) in [7, 11) is 1.73. The van der Waals surface area contributed by atoms with Crippen LogP contribution in [0.15, 0.2) is 18.2 Å². The third kappa shape index (κ3) is 2.83. The number of hydrogen-bond acceptors (Lipinski definition) is 4. The molecule has 0 unspecified atom stereocenters. The topological polar surface area (TPSA) is 71.1 Å². The number of carbonyl (C=O) groups excluding carboxylic acids is 2.